The van der Waals surface area contributed by atoms with E-state index in [2.05, 4.69) is 22.4 Å². The Morgan fingerprint density at radius 1 is 1.48 bits per heavy atom. The van der Waals surface area contributed by atoms with Crippen LogP contribution in [0.5, 0.6) is 0 Å². The fourth-order valence-electron chi connectivity index (χ4n) is 2.49. The maximum Gasteiger partial charge on any atom is 0.281 e. The molecule has 1 atom stereocenters. The maximum absolute atomic E-state index is 12.1. The quantitative estimate of drug-likeness (QED) is 0.699. The second-order valence-electron chi connectivity index (χ2n) is 5.39. The number of carbonyl (C=O) groups is 1. The minimum Gasteiger partial charge on any atom is -0.266 e. The van der Waals surface area contributed by atoms with Crippen molar-refractivity contribution < 1.29 is 4.79 Å². The van der Waals surface area contributed by atoms with Crippen LogP contribution in [0.3, 0.4) is 0 Å². The van der Waals surface area contributed by atoms with Crippen LogP contribution in [0.1, 0.15) is 39.0 Å². The third kappa shape index (κ3) is 3.36. The van der Waals surface area contributed by atoms with Crippen LogP contribution in [0.15, 0.2) is 35.7 Å². The van der Waals surface area contributed by atoms with Gasteiger partial charge in [0, 0.05) is 17.3 Å². The summed E-state index contributed by atoms with van der Waals surface area (Å²) in [5.41, 5.74) is 4.83. The van der Waals surface area contributed by atoms with E-state index >= 15 is 0 Å². The van der Waals surface area contributed by atoms with Crippen LogP contribution in [0, 0.1) is 5.92 Å². The largest absolute Gasteiger partial charge is 0.281 e. The van der Waals surface area contributed by atoms with Crippen molar-refractivity contribution in [2.45, 2.75) is 26.2 Å². The number of rotatable bonds is 3. The number of aryl methyl sites for hydroxylation is 1. The first-order valence-corrected chi connectivity index (χ1v) is 7.89. The Balaban J connectivity index is 1.65. The molecule has 1 aliphatic carbocycles. The maximum atomic E-state index is 12.1. The summed E-state index contributed by atoms with van der Waals surface area (Å²) >= 11 is 1.60. The average molecular weight is 299 g/mol. The van der Waals surface area contributed by atoms with Gasteiger partial charge in [0.05, 0.1) is 11.1 Å². The Hall–Kier alpha value is -2.01. The van der Waals surface area contributed by atoms with Crippen LogP contribution in [0.2, 0.25) is 0 Å². The van der Waals surface area contributed by atoms with E-state index in [1.54, 1.807) is 29.9 Å². The zero-order chi connectivity index (χ0) is 14.7. The number of pyridine rings is 1. The van der Waals surface area contributed by atoms with Crippen LogP contribution in [-0.2, 0) is 12.8 Å². The third-order valence-electron chi connectivity index (χ3n) is 3.64. The second kappa shape index (κ2) is 6.18. The van der Waals surface area contributed by atoms with Gasteiger partial charge in [-0.2, -0.15) is 5.10 Å². The Bertz CT molecular complexity index is 663. The van der Waals surface area contributed by atoms with Gasteiger partial charge in [-0.15, -0.1) is 11.3 Å². The molecule has 21 heavy (non-hydrogen) atoms. The molecule has 0 saturated carbocycles. The highest BCUT2D eigenvalue weighted by atomic mass is 32.1. The highest BCUT2D eigenvalue weighted by Crippen LogP contribution is 2.32. The number of aromatic nitrogens is 1. The molecule has 2 aromatic heterocycles. The number of amides is 1. The molecule has 0 aliphatic heterocycles. The van der Waals surface area contributed by atoms with Crippen molar-refractivity contribution in [3.05, 3.63) is 51.5 Å². The number of carbonyl (C=O) groups excluding carboxylic acids is 1. The van der Waals surface area contributed by atoms with Crippen LogP contribution < -0.4 is 5.43 Å². The number of hydrogen-bond acceptors (Lipinski definition) is 4. The van der Waals surface area contributed by atoms with E-state index in [1.165, 1.54) is 16.9 Å². The van der Waals surface area contributed by atoms with Crippen molar-refractivity contribution >= 4 is 23.5 Å². The molecule has 0 aromatic carbocycles. The van der Waals surface area contributed by atoms with Crippen molar-refractivity contribution in [1.29, 1.82) is 0 Å². The van der Waals surface area contributed by atoms with E-state index in [9.17, 15) is 4.79 Å². The van der Waals surface area contributed by atoms with E-state index in [-0.39, 0.29) is 5.91 Å². The topological polar surface area (TPSA) is 54.4 Å². The molecule has 0 saturated heterocycles. The predicted molar refractivity (Wildman–Crippen MR) is 84.8 cm³/mol. The van der Waals surface area contributed by atoms with E-state index in [0.717, 1.165) is 23.3 Å². The Labute approximate surface area is 127 Å². The molecule has 0 unspecified atom stereocenters. The minimum absolute atomic E-state index is 0.132. The highest BCUT2D eigenvalue weighted by molar-refractivity contribution is 7.14. The average Bonchev–Trinajstić information content (AvgIpc) is 2.91. The summed E-state index contributed by atoms with van der Waals surface area (Å²) in [5.74, 6) is 0.583. The summed E-state index contributed by atoms with van der Waals surface area (Å²) in [4.78, 5) is 18.1. The number of hydrazone groups is 1. The SMILES string of the molecule is C[C@@H]1CCc2sc(C(=O)NN=Cc3ccncc3)cc2C1. The normalized spacial score (nSPS) is 17.7. The van der Waals surface area contributed by atoms with Crippen LogP contribution in [-0.4, -0.2) is 17.1 Å². The van der Waals surface area contributed by atoms with Gasteiger partial charge in [0.2, 0.25) is 0 Å². The molecule has 1 amide bonds. The molecular formula is C16H17N3OS. The molecule has 0 radical (unpaired) electrons. The lowest BCUT2D eigenvalue weighted by molar-refractivity contribution is 0.0959. The zero-order valence-electron chi connectivity index (χ0n) is 11.9. The first-order valence-electron chi connectivity index (χ1n) is 7.07. The van der Waals surface area contributed by atoms with Crippen molar-refractivity contribution in [2.24, 2.45) is 11.0 Å². The van der Waals surface area contributed by atoms with Gasteiger partial charge < -0.3 is 0 Å². The van der Waals surface area contributed by atoms with E-state index < -0.39 is 0 Å². The number of thiophene rings is 1. The number of fused-ring (bicyclic) bond motifs is 1. The lowest BCUT2D eigenvalue weighted by Crippen LogP contribution is -2.16. The summed E-state index contributed by atoms with van der Waals surface area (Å²) in [6.45, 7) is 2.26. The minimum atomic E-state index is -0.132. The van der Waals surface area contributed by atoms with Crippen molar-refractivity contribution in [2.75, 3.05) is 0 Å². The fraction of sp³-hybridized carbons (Fsp3) is 0.312. The first-order chi connectivity index (χ1) is 10.2. The van der Waals surface area contributed by atoms with Crippen molar-refractivity contribution in [3.8, 4) is 0 Å². The summed E-state index contributed by atoms with van der Waals surface area (Å²) < 4.78 is 0. The number of nitrogens with zero attached hydrogens (tertiary/aromatic N) is 2. The molecule has 2 aromatic rings. The van der Waals surface area contributed by atoms with Crippen molar-refractivity contribution in [3.63, 3.8) is 0 Å². The van der Waals surface area contributed by atoms with Crippen LogP contribution in [0.4, 0.5) is 0 Å². The molecule has 4 nitrogen and oxygen atoms in total. The molecule has 108 valence electrons. The standard InChI is InChI=1S/C16H17N3OS/c1-11-2-3-14-13(8-11)9-15(21-14)16(20)19-18-10-12-4-6-17-7-5-12/h4-7,9-11H,2-3,8H2,1H3,(H,19,20)/t11-/m1/s1. The molecule has 0 spiro atoms. The predicted octanol–water partition coefficient (Wildman–Crippen LogP) is 3.03. The van der Waals surface area contributed by atoms with E-state index in [4.69, 9.17) is 0 Å². The van der Waals surface area contributed by atoms with Gasteiger partial charge in [-0.05, 0) is 54.5 Å². The van der Waals surface area contributed by atoms with Crippen LogP contribution >= 0.6 is 11.3 Å². The smallest absolute Gasteiger partial charge is 0.266 e. The Kier molecular flexibility index (Phi) is 4.10. The van der Waals surface area contributed by atoms with Gasteiger partial charge in [-0.25, -0.2) is 5.43 Å². The second-order valence-corrected chi connectivity index (χ2v) is 6.52. The molecule has 5 heteroatoms. The molecule has 0 fully saturated rings. The van der Waals surface area contributed by atoms with Gasteiger partial charge >= 0.3 is 0 Å². The zero-order valence-corrected chi connectivity index (χ0v) is 12.7. The Morgan fingerprint density at radius 3 is 3.10 bits per heavy atom. The van der Waals surface area contributed by atoms with E-state index in [0.29, 0.717) is 5.92 Å². The summed E-state index contributed by atoms with van der Waals surface area (Å²) in [7, 11) is 0. The fourth-order valence-corrected chi connectivity index (χ4v) is 3.59. The van der Waals surface area contributed by atoms with Gasteiger partial charge in [0.1, 0.15) is 0 Å². The monoisotopic (exact) mass is 299 g/mol. The lowest BCUT2D eigenvalue weighted by atomic mass is 9.90. The van der Waals surface area contributed by atoms with Gasteiger partial charge in [-0.1, -0.05) is 6.92 Å². The van der Waals surface area contributed by atoms with Crippen LogP contribution in [0.25, 0.3) is 0 Å². The number of nitrogens with one attached hydrogen (secondary N) is 1. The van der Waals surface area contributed by atoms with Gasteiger partial charge in [-0.3, -0.25) is 9.78 Å². The molecule has 0 bridgehead atoms. The molecule has 1 aliphatic rings. The third-order valence-corrected chi connectivity index (χ3v) is 4.87. The van der Waals surface area contributed by atoms with Gasteiger partial charge in [0.15, 0.2) is 0 Å². The van der Waals surface area contributed by atoms with Crippen molar-refractivity contribution in [1.82, 2.24) is 10.4 Å². The first kappa shape index (κ1) is 13.9. The molecule has 1 N–H and O–H groups in total. The summed E-state index contributed by atoms with van der Waals surface area (Å²) in [6, 6.07) is 5.69. The Morgan fingerprint density at radius 2 is 2.29 bits per heavy atom. The molecular weight excluding hydrogens is 282 g/mol. The lowest BCUT2D eigenvalue weighted by Gasteiger charge is -2.16. The van der Waals surface area contributed by atoms with E-state index in [1.807, 2.05) is 18.2 Å². The summed E-state index contributed by atoms with van der Waals surface area (Å²) in [5, 5.41) is 3.99. The molecule has 3 rings (SSSR count). The van der Waals surface area contributed by atoms with Gasteiger partial charge in [0.25, 0.3) is 5.91 Å². The summed E-state index contributed by atoms with van der Waals surface area (Å²) in [6.07, 6.45) is 8.40. The number of hydrogen-bond donors (Lipinski definition) is 1. The molecule has 2 heterocycles. The highest BCUT2D eigenvalue weighted by Gasteiger charge is 2.20.